The number of thiophene rings is 1. The summed E-state index contributed by atoms with van der Waals surface area (Å²) in [5.74, 6) is 0. The maximum absolute atomic E-state index is 11.1. The number of hydrogen-bond donors (Lipinski definition) is 1. The number of nitrogens with zero attached hydrogens (tertiary/aromatic N) is 2. The Hall–Kier alpha value is -2.99. The van der Waals surface area contributed by atoms with Gasteiger partial charge in [-0.3, -0.25) is 0 Å². The molecular formula is C27H21BrN2OS. The molecule has 0 aliphatic rings. The summed E-state index contributed by atoms with van der Waals surface area (Å²) in [6.07, 6.45) is 2.98. The van der Waals surface area contributed by atoms with E-state index in [-0.39, 0.29) is 0 Å². The van der Waals surface area contributed by atoms with Crippen LogP contribution in [-0.2, 0) is 5.54 Å². The maximum atomic E-state index is 11.1. The molecule has 1 atom stereocenters. The number of benzene rings is 3. The third-order valence-electron chi connectivity index (χ3n) is 5.78. The lowest BCUT2D eigenvalue weighted by molar-refractivity contribution is 0.215. The van der Waals surface area contributed by atoms with Crippen LogP contribution in [0.3, 0.4) is 0 Å². The van der Waals surface area contributed by atoms with Crippen LogP contribution in [0.1, 0.15) is 34.1 Å². The smallest absolute Gasteiger partial charge is 0.124 e. The Morgan fingerprint density at radius 1 is 0.781 bits per heavy atom. The fourth-order valence-electron chi connectivity index (χ4n) is 4.29. The van der Waals surface area contributed by atoms with E-state index in [4.69, 9.17) is 0 Å². The van der Waals surface area contributed by atoms with E-state index in [9.17, 15) is 5.11 Å². The van der Waals surface area contributed by atoms with Gasteiger partial charge in [-0.2, -0.15) is 11.3 Å². The molecule has 158 valence electrons. The Kier molecular flexibility index (Phi) is 5.79. The minimum Gasteiger partial charge on any atom is -0.382 e. The predicted octanol–water partition coefficient (Wildman–Crippen LogP) is 6.63. The third kappa shape index (κ3) is 3.52. The Morgan fingerprint density at radius 2 is 1.28 bits per heavy atom. The van der Waals surface area contributed by atoms with Crippen LogP contribution in [0, 0.1) is 0 Å². The second-order valence-electron chi connectivity index (χ2n) is 7.59. The van der Waals surface area contributed by atoms with Crippen molar-refractivity contribution in [1.82, 2.24) is 9.55 Å². The highest BCUT2D eigenvalue weighted by Crippen LogP contribution is 2.41. The standard InChI is InChI=1S/C27H21BrN2OS/c28-24-18-32-17-23(24)26(31)25-16-30(19-29-25)27(20-10-4-1-5-11-20,21-12-6-2-7-13-21)22-14-8-3-9-15-22/h1-19,26,31H. The monoisotopic (exact) mass is 500 g/mol. The van der Waals surface area contributed by atoms with Crippen LogP contribution in [0.2, 0.25) is 0 Å². The van der Waals surface area contributed by atoms with Gasteiger partial charge in [0.1, 0.15) is 11.6 Å². The average molecular weight is 501 g/mol. The molecule has 0 bridgehead atoms. The van der Waals surface area contributed by atoms with Crippen molar-refractivity contribution in [2.75, 3.05) is 0 Å². The SMILES string of the molecule is OC(c1cn(C(c2ccccc2)(c2ccccc2)c2ccccc2)cn1)c1cscc1Br. The fraction of sp³-hybridized carbons (Fsp3) is 0.0741. The summed E-state index contributed by atoms with van der Waals surface area (Å²) >= 11 is 5.09. The summed E-state index contributed by atoms with van der Waals surface area (Å²) in [5, 5.41) is 15.0. The van der Waals surface area contributed by atoms with Crippen molar-refractivity contribution in [3.05, 3.63) is 147 Å². The molecule has 5 rings (SSSR count). The van der Waals surface area contributed by atoms with Crippen molar-refractivity contribution in [1.29, 1.82) is 0 Å². The number of rotatable bonds is 6. The molecule has 2 heterocycles. The lowest BCUT2D eigenvalue weighted by Gasteiger charge is -2.37. The highest BCUT2D eigenvalue weighted by molar-refractivity contribution is 9.10. The number of aromatic nitrogens is 2. The summed E-state index contributed by atoms with van der Waals surface area (Å²) in [4.78, 5) is 4.65. The minimum atomic E-state index is -0.808. The number of imidazole rings is 1. The van der Waals surface area contributed by atoms with Gasteiger partial charge < -0.3 is 9.67 Å². The van der Waals surface area contributed by atoms with Crippen molar-refractivity contribution in [3.8, 4) is 0 Å². The van der Waals surface area contributed by atoms with Crippen molar-refractivity contribution in [2.24, 2.45) is 0 Å². The van der Waals surface area contributed by atoms with Gasteiger partial charge >= 0.3 is 0 Å². The van der Waals surface area contributed by atoms with Gasteiger partial charge in [-0.25, -0.2) is 4.98 Å². The lowest BCUT2D eigenvalue weighted by atomic mass is 9.77. The Morgan fingerprint density at radius 3 is 1.72 bits per heavy atom. The normalized spacial score (nSPS) is 12.6. The Bertz CT molecular complexity index is 1200. The van der Waals surface area contributed by atoms with Gasteiger partial charge in [0.2, 0.25) is 0 Å². The van der Waals surface area contributed by atoms with E-state index >= 15 is 0 Å². The fourth-order valence-corrected chi connectivity index (χ4v) is 5.83. The number of hydrogen-bond acceptors (Lipinski definition) is 3. The van der Waals surface area contributed by atoms with E-state index in [0.29, 0.717) is 5.69 Å². The molecular weight excluding hydrogens is 480 g/mol. The molecule has 2 aromatic heterocycles. The lowest BCUT2D eigenvalue weighted by Crippen LogP contribution is -2.37. The van der Waals surface area contributed by atoms with Crippen LogP contribution >= 0.6 is 27.3 Å². The Labute approximate surface area is 199 Å². The predicted molar refractivity (Wildman–Crippen MR) is 133 cm³/mol. The molecule has 32 heavy (non-hydrogen) atoms. The van der Waals surface area contributed by atoms with E-state index in [1.54, 1.807) is 11.3 Å². The van der Waals surface area contributed by atoms with E-state index in [2.05, 4.69) is 98.3 Å². The number of aliphatic hydroxyl groups excluding tert-OH is 1. The van der Waals surface area contributed by atoms with Crippen LogP contribution in [0.25, 0.3) is 0 Å². The first kappa shape index (κ1) is 20.9. The molecule has 3 aromatic carbocycles. The van der Waals surface area contributed by atoms with Crippen LogP contribution < -0.4 is 0 Å². The first-order valence-corrected chi connectivity index (χ1v) is 12.1. The summed E-state index contributed by atoms with van der Waals surface area (Å²) in [6.45, 7) is 0. The van der Waals surface area contributed by atoms with Crippen molar-refractivity contribution in [2.45, 2.75) is 11.6 Å². The summed E-state index contributed by atoms with van der Waals surface area (Å²) in [5.41, 5.74) is 4.15. The zero-order valence-electron chi connectivity index (χ0n) is 17.2. The first-order valence-electron chi connectivity index (χ1n) is 10.3. The second kappa shape index (κ2) is 8.87. The van der Waals surface area contributed by atoms with Gasteiger partial charge in [-0.15, -0.1) is 0 Å². The van der Waals surface area contributed by atoms with E-state index in [1.807, 2.05) is 41.5 Å². The molecule has 3 nitrogen and oxygen atoms in total. The molecule has 0 fully saturated rings. The second-order valence-corrected chi connectivity index (χ2v) is 9.19. The van der Waals surface area contributed by atoms with Gasteiger partial charge in [-0.1, -0.05) is 91.0 Å². The van der Waals surface area contributed by atoms with E-state index < -0.39 is 11.6 Å². The molecule has 5 aromatic rings. The summed E-state index contributed by atoms with van der Waals surface area (Å²) in [7, 11) is 0. The molecule has 1 unspecified atom stereocenters. The molecule has 0 spiro atoms. The van der Waals surface area contributed by atoms with Crippen molar-refractivity contribution in [3.63, 3.8) is 0 Å². The maximum Gasteiger partial charge on any atom is 0.124 e. The minimum absolute atomic E-state index is 0.608. The molecule has 5 heteroatoms. The Balaban J connectivity index is 1.76. The molecule has 0 radical (unpaired) electrons. The topological polar surface area (TPSA) is 38.0 Å². The third-order valence-corrected chi connectivity index (χ3v) is 7.53. The first-order chi connectivity index (χ1) is 15.7. The molecule has 0 aliphatic heterocycles. The van der Waals surface area contributed by atoms with Crippen LogP contribution in [0.4, 0.5) is 0 Å². The van der Waals surface area contributed by atoms with Gasteiger partial charge in [0.25, 0.3) is 0 Å². The quantitative estimate of drug-likeness (QED) is 0.265. The molecule has 0 saturated heterocycles. The summed E-state index contributed by atoms with van der Waals surface area (Å²) in [6, 6.07) is 31.3. The molecule has 0 amide bonds. The molecule has 1 N–H and O–H groups in total. The average Bonchev–Trinajstić information content (AvgIpc) is 3.51. The molecule has 0 aliphatic carbocycles. The van der Waals surface area contributed by atoms with Gasteiger partial charge in [0.15, 0.2) is 0 Å². The van der Waals surface area contributed by atoms with Crippen LogP contribution in [0.5, 0.6) is 0 Å². The number of aliphatic hydroxyl groups is 1. The van der Waals surface area contributed by atoms with Crippen LogP contribution in [0.15, 0.2) is 119 Å². The zero-order valence-corrected chi connectivity index (χ0v) is 19.6. The van der Waals surface area contributed by atoms with Gasteiger partial charge in [-0.05, 0) is 38.0 Å². The summed E-state index contributed by atoms with van der Waals surface area (Å²) < 4.78 is 3.01. The number of halogens is 1. The van der Waals surface area contributed by atoms with E-state index in [0.717, 1.165) is 26.7 Å². The van der Waals surface area contributed by atoms with Crippen molar-refractivity contribution < 1.29 is 5.11 Å². The molecule has 0 saturated carbocycles. The van der Waals surface area contributed by atoms with Gasteiger partial charge in [0, 0.05) is 21.6 Å². The van der Waals surface area contributed by atoms with Crippen molar-refractivity contribution >= 4 is 27.3 Å². The highest BCUT2D eigenvalue weighted by Gasteiger charge is 2.38. The van der Waals surface area contributed by atoms with Crippen LogP contribution in [-0.4, -0.2) is 14.7 Å². The van der Waals surface area contributed by atoms with Gasteiger partial charge in [0.05, 0.1) is 12.0 Å². The highest BCUT2D eigenvalue weighted by atomic mass is 79.9. The zero-order chi connectivity index (χ0) is 22.0. The van der Waals surface area contributed by atoms with E-state index in [1.165, 1.54) is 0 Å². The largest absolute Gasteiger partial charge is 0.382 e.